The van der Waals surface area contributed by atoms with Gasteiger partial charge in [-0.1, -0.05) is 0 Å². The highest BCUT2D eigenvalue weighted by atomic mass is 16.4. The number of amides is 1. The van der Waals surface area contributed by atoms with Crippen molar-refractivity contribution in [1.29, 1.82) is 0 Å². The van der Waals surface area contributed by atoms with Gasteiger partial charge in [0.2, 0.25) is 0 Å². The van der Waals surface area contributed by atoms with Crippen LogP contribution in [-0.4, -0.2) is 27.5 Å². The smallest absolute Gasteiger partial charge is 0.354 e. The van der Waals surface area contributed by atoms with Crippen molar-refractivity contribution in [3.63, 3.8) is 0 Å². The Morgan fingerprint density at radius 2 is 2.18 bits per heavy atom. The van der Waals surface area contributed by atoms with Crippen molar-refractivity contribution in [3.8, 4) is 0 Å². The lowest BCUT2D eigenvalue weighted by Crippen LogP contribution is -2.50. The summed E-state index contributed by atoms with van der Waals surface area (Å²) in [4.78, 5) is 26.3. The predicted molar refractivity (Wildman–Crippen MR) is 60.9 cm³/mol. The van der Waals surface area contributed by atoms with Gasteiger partial charge >= 0.3 is 5.97 Å². The SMILES string of the molecule is CC1(NC(=O)c2ccnc(C(=O)O)c2)CCC1. The van der Waals surface area contributed by atoms with Gasteiger partial charge in [0.05, 0.1) is 0 Å². The van der Waals surface area contributed by atoms with Gasteiger partial charge in [-0.05, 0) is 38.3 Å². The zero-order chi connectivity index (χ0) is 12.5. The molecule has 0 aliphatic heterocycles. The zero-order valence-electron chi connectivity index (χ0n) is 9.56. The average molecular weight is 234 g/mol. The second-order valence-corrected chi connectivity index (χ2v) is 4.60. The van der Waals surface area contributed by atoms with Crippen molar-refractivity contribution < 1.29 is 14.7 Å². The van der Waals surface area contributed by atoms with Gasteiger partial charge in [0.15, 0.2) is 0 Å². The number of nitrogens with one attached hydrogen (secondary N) is 1. The van der Waals surface area contributed by atoms with E-state index in [1.165, 1.54) is 18.3 Å². The molecule has 0 radical (unpaired) electrons. The normalized spacial score (nSPS) is 17.0. The first kappa shape index (κ1) is 11.6. The van der Waals surface area contributed by atoms with Crippen molar-refractivity contribution in [2.45, 2.75) is 31.7 Å². The largest absolute Gasteiger partial charge is 0.477 e. The quantitative estimate of drug-likeness (QED) is 0.829. The third-order valence-corrected chi connectivity index (χ3v) is 3.11. The highest BCUT2D eigenvalue weighted by Crippen LogP contribution is 2.31. The van der Waals surface area contributed by atoms with Gasteiger partial charge in [0.25, 0.3) is 5.91 Å². The first-order valence-corrected chi connectivity index (χ1v) is 5.52. The molecule has 90 valence electrons. The van der Waals surface area contributed by atoms with Crippen LogP contribution in [0.4, 0.5) is 0 Å². The molecule has 0 atom stereocenters. The monoisotopic (exact) mass is 234 g/mol. The molecule has 0 spiro atoms. The number of hydrogen-bond donors (Lipinski definition) is 2. The highest BCUT2D eigenvalue weighted by molar-refractivity contribution is 5.97. The molecular weight excluding hydrogens is 220 g/mol. The lowest BCUT2D eigenvalue weighted by atomic mass is 9.78. The summed E-state index contributed by atoms with van der Waals surface area (Å²) in [6, 6.07) is 2.81. The van der Waals surface area contributed by atoms with E-state index in [2.05, 4.69) is 10.3 Å². The summed E-state index contributed by atoms with van der Waals surface area (Å²) in [5.74, 6) is -1.37. The second-order valence-electron chi connectivity index (χ2n) is 4.60. The molecule has 5 nitrogen and oxygen atoms in total. The molecule has 1 aliphatic carbocycles. The molecule has 0 saturated heterocycles. The van der Waals surface area contributed by atoms with Gasteiger partial charge in [-0.2, -0.15) is 0 Å². The van der Waals surface area contributed by atoms with Gasteiger partial charge in [-0.3, -0.25) is 4.79 Å². The Morgan fingerprint density at radius 1 is 1.47 bits per heavy atom. The Hall–Kier alpha value is -1.91. The van der Waals surface area contributed by atoms with Crippen molar-refractivity contribution in [2.75, 3.05) is 0 Å². The fourth-order valence-corrected chi connectivity index (χ4v) is 1.87. The van der Waals surface area contributed by atoms with Crippen LogP contribution in [0.15, 0.2) is 18.3 Å². The zero-order valence-corrected chi connectivity index (χ0v) is 9.56. The van der Waals surface area contributed by atoms with E-state index < -0.39 is 5.97 Å². The summed E-state index contributed by atoms with van der Waals surface area (Å²) in [5, 5.41) is 11.7. The van der Waals surface area contributed by atoms with E-state index in [4.69, 9.17) is 5.11 Å². The van der Waals surface area contributed by atoms with E-state index in [9.17, 15) is 9.59 Å². The molecule has 2 rings (SSSR count). The van der Waals surface area contributed by atoms with Crippen LogP contribution in [0.1, 0.15) is 47.0 Å². The maximum Gasteiger partial charge on any atom is 0.354 e. The number of carbonyl (C=O) groups is 2. The van der Waals surface area contributed by atoms with E-state index in [0.717, 1.165) is 19.3 Å². The number of rotatable bonds is 3. The molecule has 1 aromatic heterocycles. The first-order chi connectivity index (χ1) is 8.00. The van der Waals surface area contributed by atoms with Crippen molar-refractivity contribution >= 4 is 11.9 Å². The number of carboxylic acids is 1. The van der Waals surface area contributed by atoms with Crippen LogP contribution in [0.25, 0.3) is 0 Å². The van der Waals surface area contributed by atoms with E-state index >= 15 is 0 Å². The minimum atomic E-state index is -1.13. The molecule has 1 saturated carbocycles. The molecule has 1 amide bonds. The van der Waals surface area contributed by atoms with Gasteiger partial charge in [-0.15, -0.1) is 0 Å². The number of aromatic carboxylic acids is 1. The van der Waals surface area contributed by atoms with E-state index in [1.807, 2.05) is 6.92 Å². The van der Waals surface area contributed by atoms with E-state index in [1.54, 1.807) is 0 Å². The van der Waals surface area contributed by atoms with Crippen LogP contribution >= 0.6 is 0 Å². The lowest BCUT2D eigenvalue weighted by Gasteiger charge is -2.39. The number of nitrogens with zero attached hydrogens (tertiary/aromatic N) is 1. The van der Waals surface area contributed by atoms with Crippen LogP contribution in [0, 0.1) is 0 Å². The summed E-state index contributed by atoms with van der Waals surface area (Å²) in [6.45, 7) is 1.99. The third-order valence-electron chi connectivity index (χ3n) is 3.11. The Morgan fingerprint density at radius 3 is 2.71 bits per heavy atom. The van der Waals surface area contributed by atoms with Crippen LogP contribution in [0.2, 0.25) is 0 Å². The van der Waals surface area contributed by atoms with E-state index in [0.29, 0.717) is 5.56 Å². The van der Waals surface area contributed by atoms with Gasteiger partial charge in [-0.25, -0.2) is 9.78 Å². The molecule has 1 aromatic rings. The van der Waals surface area contributed by atoms with Crippen LogP contribution in [0.5, 0.6) is 0 Å². The van der Waals surface area contributed by atoms with Crippen LogP contribution < -0.4 is 5.32 Å². The van der Waals surface area contributed by atoms with Crippen molar-refractivity contribution in [2.24, 2.45) is 0 Å². The standard InChI is InChI=1S/C12H14N2O3/c1-12(4-2-5-12)14-10(15)8-3-6-13-9(7-8)11(16)17/h3,6-7H,2,4-5H2,1H3,(H,14,15)(H,16,17). The maximum atomic E-state index is 11.9. The van der Waals surface area contributed by atoms with Crippen LogP contribution in [0.3, 0.4) is 0 Å². The Labute approximate surface area is 98.9 Å². The topological polar surface area (TPSA) is 79.3 Å². The molecule has 0 aromatic carbocycles. The van der Waals surface area contributed by atoms with Crippen LogP contribution in [-0.2, 0) is 0 Å². The highest BCUT2D eigenvalue weighted by Gasteiger charge is 2.33. The molecule has 2 N–H and O–H groups in total. The third kappa shape index (κ3) is 2.43. The summed E-state index contributed by atoms with van der Waals surface area (Å²) < 4.78 is 0. The summed E-state index contributed by atoms with van der Waals surface area (Å²) in [7, 11) is 0. The minimum Gasteiger partial charge on any atom is -0.477 e. The Balaban J connectivity index is 2.13. The van der Waals surface area contributed by atoms with Gasteiger partial charge in [0, 0.05) is 17.3 Å². The van der Waals surface area contributed by atoms with Gasteiger partial charge in [0.1, 0.15) is 5.69 Å². The van der Waals surface area contributed by atoms with Crippen molar-refractivity contribution in [3.05, 3.63) is 29.6 Å². The minimum absolute atomic E-state index is 0.114. The van der Waals surface area contributed by atoms with Gasteiger partial charge < -0.3 is 10.4 Å². The molecular formula is C12H14N2O3. The summed E-state index contributed by atoms with van der Waals surface area (Å²) >= 11 is 0. The molecule has 5 heteroatoms. The average Bonchev–Trinajstić information content (AvgIpc) is 2.27. The Kier molecular flexibility index (Phi) is 2.83. The van der Waals surface area contributed by atoms with Crippen molar-refractivity contribution in [1.82, 2.24) is 10.3 Å². The number of carboxylic acid groups (broad SMARTS) is 1. The Bertz CT molecular complexity index is 467. The molecule has 1 fully saturated rings. The maximum absolute atomic E-state index is 11.9. The van der Waals surface area contributed by atoms with E-state index in [-0.39, 0.29) is 17.1 Å². The lowest BCUT2D eigenvalue weighted by molar-refractivity contribution is 0.0690. The predicted octanol–water partition coefficient (Wildman–Crippen LogP) is 1.45. The molecule has 0 unspecified atom stereocenters. The number of pyridine rings is 1. The number of carbonyl (C=O) groups excluding carboxylic acids is 1. The fraction of sp³-hybridized carbons (Fsp3) is 0.417. The molecule has 0 bridgehead atoms. The number of hydrogen-bond acceptors (Lipinski definition) is 3. The summed E-state index contributed by atoms with van der Waals surface area (Å²) in [5.41, 5.74) is 0.0888. The summed E-state index contributed by atoms with van der Waals surface area (Å²) in [6.07, 6.45) is 4.39. The molecule has 1 aliphatic rings. The molecule has 1 heterocycles. The number of aromatic nitrogens is 1. The first-order valence-electron chi connectivity index (χ1n) is 5.52. The fourth-order valence-electron chi connectivity index (χ4n) is 1.87. The molecule has 17 heavy (non-hydrogen) atoms. The second kappa shape index (κ2) is 4.16.